The van der Waals surface area contributed by atoms with Crippen molar-refractivity contribution in [1.82, 2.24) is 15.2 Å². The highest BCUT2D eigenvalue weighted by atomic mass is 127. The summed E-state index contributed by atoms with van der Waals surface area (Å²) in [7, 11) is 1.91. The summed E-state index contributed by atoms with van der Waals surface area (Å²) in [5, 5.41) is 4.38. The average Bonchev–Trinajstić information content (AvgIpc) is 2.75. The van der Waals surface area contributed by atoms with Crippen LogP contribution in [0.4, 0.5) is 0 Å². The molecule has 0 saturated carbocycles. The van der Waals surface area contributed by atoms with E-state index in [-0.39, 0.29) is 6.04 Å². The van der Waals surface area contributed by atoms with Crippen LogP contribution in [-0.2, 0) is 13.5 Å². The number of nitrogens with zero attached hydrogens (tertiary/aromatic N) is 2. The molecule has 6 heteroatoms. The van der Waals surface area contributed by atoms with Crippen LogP contribution in [-0.4, -0.2) is 9.78 Å². The molecule has 0 fully saturated rings. The second-order valence-corrected chi connectivity index (χ2v) is 6.17. The number of hydrogen-bond acceptors (Lipinski definition) is 3. The van der Waals surface area contributed by atoms with E-state index in [2.05, 4.69) is 61.2 Å². The molecule has 2 aromatic rings. The second-order valence-electron chi connectivity index (χ2n) is 4.07. The molecule has 1 atom stereocenters. The van der Waals surface area contributed by atoms with E-state index in [9.17, 15) is 0 Å². The van der Waals surface area contributed by atoms with E-state index >= 15 is 0 Å². The topological polar surface area (TPSA) is 55.9 Å². The molecule has 0 aliphatic carbocycles. The van der Waals surface area contributed by atoms with E-state index in [0.717, 1.165) is 22.2 Å². The number of hydrogen-bond donors (Lipinski definition) is 2. The highest BCUT2D eigenvalue weighted by molar-refractivity contribution is 14.1. The lowest BCUT2D eigenvalue weighted by molar-refractivity contribution is 0.539. The van der Waals surface area contributed by atoms with Crippen molar-refractivity contribution in [2.45, 2.75) is 12.5 Å². The van der Waals surface area contributed by atoms with E-state index in [1.165, 1.54) is 3.57 Å². The largest absolute Gasteiger partial charge is 0.276 e. The Bertz CT molecular complexity index is 541. The fourth-order valence-corrected chi connectivity index (χ4v) is 2.86. The average molecular weight is 421 g/mol. The van der Waals surface area contributed by atoms with Gasteiger partial charge in [0.2, 0.25) is 0 Å². The smallest absolute Gasteiger partial charge is 0.0643 e. The Balaban J connectivity index is 2.25. The first-order valence-electron chi connectivity index (χ1n) is 5.49. The van der Waals surface area contributed by atoms with Crippen molar-refractivity contribution >= 4 is 38.5 Å². The van der Waals surface area contributed by atoms with Crippen molar-refractivity contribution in [3.8, 4) is 0 Å². The maximum atomic E-state index is 5.67. The fourth-order valence-electron chi connectivity index (χ4n) is 1.82. The van der Waals surface area contributed by atoms with Crippen molar-refractivity contribution in [3.05, 3.63) is 49.8 Å². The van der Waals surface area contributed by atoms with Gasteiger partial charge in [-0.3, -0.25) is 16.0 Å². The summed E-state index contributed by atoms with van der Waals surface area (Å²) in [4.78, 5) is 0. The molecule has 0 spiro atoms. The minimum absolute atomic E-state index is 0.0454. The molecule has 96 valence electrons. The van der Waals surface area contributed by atoms with Gasteiger partial charge in [-0.15, -0.1) is 0 Å². The van der Waals surface area contributed by atoms with Gasteiger partial charge in [-0.2, -0.15) is 5.10 Å². The third-order valence-corrected chi connectivity index (χ3v) is 4.11. The third-order valence-electron chi connectivity index (χ3n) is 2.72. The lowest BCUT2D eigenvalue weighted by Crippen LogP contribution is -2.30. The van der Waals surface area contributed by atoms with Crippen LogP contribution in [0.1, 0.15) is 17.3 Å². The van der Waals surface area contributed by atoms with E-state index < -0.39 is 0 Å². The van der Waals surface area contributed by atoms with Crippen molar-refractivity contribution in [3.63, 3.8) is 0 Å². The Morgan fingerprint density at radius 1 is 1.50 bits per heavy atom. The summed E-state index contributed by atoms with van der Waals surface area (Å²) in [5.74, 6) is 5.67. The van der Waals surface area contributed by atoms with Gasteiger partial charge in [0.25, 0.3) is 0 Å². The van der Waals surface area contributed by atoms with Crippen LogP contribution in [0, 0.1) is 3.57 Å². The van der Waals surface area contributed by atoms with Gasteiger partial charge in [0.15, 0.2) is 0 Å². The number of aryl methyl sites for hydroxylation is 1. The van der Waals surface area contributed by atoms with Gasteiger partial charge in [0.1, 0.15) is 0 Å². The number of benzene rings is 1. The number of hydrazine groups is 1. The van der Waals surface area contributed by atoms with E-state index in [1.807, 2.05) is 25.4 Å². The maximum Gasteiger partial charge on any atom is 0.0643 e. The van der Waals surface area contributed by atoms with Crippen molar-refractivity contribution in [1.29, 1.82) is 0 Å². The Labute approximate surface area is 128 Å². The predicted octanol–water partition coefficient (Wildman–Crippen LogP) is 2.53. The lowest BCUT2D eigenvalue weighted by Gasteiger charge is -2.17. The van der Waals surface area contributed by atoms with Gasteiger partial charge in [-0.05, 0) is 52.4 Å². The molecular formula is C12H14BrIN4. The molecule has 1 heterocycles. The predicted molar refractivity (Wildman–Crippen MR) is 83.8 cm³/mol. The van der Waals surface area contributed by atoms with Crippen molar-refractivity contribution in [2.75, 3.05) is 0 Å². The van der Waals surface area contributed by atoms with Gasteiger partial charge < -0.3 is 0 Å². The van der Waals surface area contributed by atoms with Gasteiger partial charge in [-0.25, -0.2) is 0 Å². The van der Waals surface area contributed by atoms with Gasteiger partial charge >= 0.3 is 0 Å². The summed E-state index contributed by atoms with van der Waals surface area (Å²) >= 11 is 5.86. The number of nitrogens with one attached hydrogen (secondary N) is 1. The number of rotatable bonds is 4. The monoisotopic (exact) mass is 420 g/mol. The zero-order valence-corrected chi connectivity index (χ0v) is 13.6. The quantitative estimate of drug-likeness (QED) is 0.454. The number of halogens is 2. The van der Waals surface area contributed by atoms with Crippen LogP contribution in [0.3, 0.4) is 0 Å². The molecule has 18 heavy (non-hydrogen) atoms. The Hall–Kier alpha value is -0.440. The summed E-state index contributed by atoms with van der Waals surface area (Å²) in [6, 6.07) is 8.27. The molecule has 3 N–H and O–H groups in total. The maximum absolute atomic E-state index is 5.67. The van der Waals surface area contributed by atoms with Crippen LogP contribution in [0.25, 0.3) is 0 Å². The third kappa shape index (κ3) is 3.31. The Morgan fingerprint density at radius 3 is 2.89 bits per heavy atom. The summed E-state index contributed by atoms with van der Waals surface area (Å²) in [5.41, 5.74) is 5.03. The first-order chi connectivity index (χ1) is 8.60. The van der Waals surface area contributed by atoms with Gasteiger partial charge in [-0.1, -0.05) is 15.9 Å². The summed E-state index contributed by atoms with van der Waals surface area (Å²) < 4.78 is 4.04. The summed E-state index contributed by atoms with van der Waals surface area (Å²) in [6.07, 6.45) is 2.70. The molecule has 2 rings (SSSR count). The molecule has 1 aromatic carbocycles. The standard InChI is InChI=1S/C12H14BrIN4/c1-18-5-4-9(17-18)7-12(16-15)10-6-8(14)2-3-11(10)13/h2-6,12,16H,7,15H2,1H3. The normalized spacial score (nSPS) is 12.7. The molecule has 0 amide bonds. The Morgan fingerprint density at radius 2 is 2.28 bits per heavy atom. The molecule has 1 unspecified atom stereocenters. The SMILES string of the molecule is Cn1ccc(CC(NN)c2cc(I)ccc2Br)n1. The highest BCUT2D eigenvalue weighted by Gasteiger charge is 2.15. The first-order valence-corrected chi connectivity index (χ1v) is 7.37. The molecule has 0 aliphatic rings. The molecule has 0 aliphatic heterocycles. The van der Waals surface area contributed by atoms with Crippen LogP contribution in [0.2, 0.25) is 0 Å². The molecule has 0 bridgehead atoms. The second kappa shape index (κ2) is 6.14. The van der Waals surface area contributed by atoms with Gasteiger partial charge in [0, 0.05) is 27.7 Å². The minimum Gasteiger partial charge on any atom is -0.276 e. The molecule has 0 radical (unpaired) electrons. The number of nitrogens with two attached hydrogens (primary N) is 1. The van der Waals surface area contributed by atoms with Crippen molar-refractivity contribution in [2.24, 2.45) is 12.9 Å². The van der Waals surface area contributed by atoms with Crippen LogP contribution >= 0.6 is 38.5 Å². The van der Waals surface area contributed by atoms with E-state index in [0.29, 0.717) is 0 Å². The zero-order valence-electron chi connectivity index (χ0n) is 9.90. The number of aromatic nitrogens is 2. The van der Waals surface area contributed by atoms with E-state index in [1.54, 1.807) is 4.68 Å². The lowest BCUT2D eigenvalue weighted by atomic mass is 10.0. The Kier molecular flexibility index (Phi) is 4.77. The minimum atomic E-state index is 0.0454. The molecule has 4 nitrogen and oxygen atoms in total. The van der Waals surface area contributed by atoms with Crippen LogP contribution in [0.5, 0.6) is 0 Å². The fraction of sp³-hybridized carbons (Fsp3) is 0.250. The molecule has 0 saturated heterocycles. The zero-order chi connectivity index (χ0) is 13.1. The molecular weight excluding hydrogens is 407 g/mol. The van der Waals surface area contributed by atoms with Crippen LogP contribution in [0.15, 0.2) is 34.9 Å². The molecule has 1 aromatic heterocycles. The summed E-state index contributed by atoms with van der Waals surface area (Å²) in [6.45, 7) is 0. The van der Waals surface area contributed by atoms with Crippen LogP contribution < -0.4 is 11.3 Å². The highest BCUT2D eigenvalue weighted by Crippen LogP contribution is 2.27. The first kappa shape index (κ1) is 14.0. The van der Waals surface area contributed by atoms with E-state index in [4.69, 9.17) is 5.84 Å². The van der Waals surface area contributed by atoms with Crippen molar-refractivity contribution < 1.29 is 0 Å². The van der Waals surface area contributed by atoms with Gasteiger partial charge in [0.05, 0.1) is 11.7 Å².